The normalized spacial score (nSPS) is 23.0. The highest BCUT2D eigenvalue weighted by Crippen LogP contribution is 2.39. The first-order valence-electron chi connectivity index (χ1n) is 17.1. The van der Waals surface area contributed by atoms with Gasteiger partial charge in [-0.2, -0.15) is 0 Å². The van der Waals surface area contributed by atoms with Gasteiger partial charge < -0.3 is 20.4 Å². The average Bonchev–Trinajstić information content (AvgIpc) is 3.57. The number of rotatable bonds is 6. The van der Waals surface area contributed by atoms with Gasteiger partial charge >= 0.3 is 0 Å². The molecule has 0 unspecified atom stereocenters. The topological polar surface area (TPSA) is 133 Å². The fraction of sp³-hybridized carbons (Fsp3) is 0.286. The number of ketones is 2. The van der Waals surface area contributed by atoms with Crippen LogP contribution < -0.4 is 10.6 Å². The number of allylic oxidation sites excluding steroid dienone is 4. The van der Waals surface area contributed by atoms with Crippen molar-refractivity contribution in [3.8, 4) is 0 Å². The van der Waals surface area contributed by atoms with Crippen molar-refractivity contribution >= 4 is 35.2 Å². The summed E-state index contributed by atoms with van der Waals surface area (Å²) in [4.78, 5) is 79.9. The maximum absolute atomic E-state index is 13.1. The van der Waals surface area contributed by atoms with Gasteiger partial charge in [0.15, 0.2) is 11.6 Å². The fourth-order valence-electron chi connectivity index (χ4n) is 6.54. The van der Waals surface area contributed by atoms with E-state index in [1.165, 1.54) is 34.1 Å². The van der Waals surface area contributed by atoms with Crippen molar-refractivity contribution in [3.63, 3.8) is 0 Å². The molecule has 4 aliphatic rings. The minimum absolute atomic E-state index is 0.244. The smallest absolute Gasteiger partial charge is 0.248 e. The monoisotopic (exact) mass is 700 g/mol. The molecule has 0 radical (unpaired) electrons. The summed E-state index contributed by atoms with van der Waals surface area (Å²) in [5.41, 5.74) is -2.16. The van der Waals surface area contributed by atoms with Crippen molar-refractivity contribution in [3.05, 3.63) is 145 Å². The van der Waals surface area contributed by atoms with E-state index in [4.69, 9.17) is 0 Å². The van der Waals surface area contributed by atoms with E-state index < -0.39 is 34.2 Å². The van der Waals surface area contributed by atoms with Gasteiger partial charge in [0.05, 0.1) is 0 Å². The zero-order valence-electron chi connectivity index (χ0n) is 30.2. The van der Waals surface area contributed by atoms with Crippen LogP contribution in [0.3, 0.4) is 0 Å². The van der Waals surface area contributed by atoms with E-state index in [1.807, 2.05) is 77.9 Å². The Kier molecular flexibility index (Phi) is 10.3. The van der Waals surface area contributed by atoms with Crippen molar-refractivity contribution in [2.24, 2.45) is 0 Å². The van der Waals surface area contributed by atoms with Gasteiger partial charge in [0.2, 0.25) is 23.6 Å². The van der Waals surface area contributed by atoms with Crippen LogP contribution in [0.15, 0.2) is 134 Å². The Labute approximate surface area is 304 Å². The number of benzene rings is 2. The highest BCUT2D eigenvalue weighted by atomic mass is 16.2. The minimum Gasteiger partial charge on any atom is -0.349 e. The molecule has 4 atom stereocenters. The molecule has 0 aromatic heterocycles. The lowest BCUT2D eigenvalue weighted by molar-refractivity contribution is -0.144. The Bertz CT molecular complexity index is 1790. The summed E-state index contributed by atoms with van der Waals surface area (Å²) in [6, 6.07) is 16.3. The molecule has 0 saturated heterocycles. The van der Waals surface area contributed by atoms with Gasteiger partial charge in [-0.05, 0) is 89.1 Å². The summed E-state index contributed by atoms with van der Waals surface area (Å²) < 4.78 is 0. The van der Waals surface area contributed by atoms with Crippen LogP contribution in [0.5, 0.6) is 0 Å². The number of nitrogens with zero attached hydrogens (tertiary/aromatic N) is 2. The summed E-state index contributed by atoms with van der Waals surface area (Å²) in [6.07, 6.45) is 18.8. The van der Waals surface area contributed by atoms with Crippen LogP contribution in [-0.4, -0.2) is 67.2 Å². The molecule has 4 amide bonds. The van der Waals surface area contributed by atoms with E-state index in [0.717, 1.165) is 0 Å². The number of hydrogen-bond acceptors (Lipinski definition) is 6. The predicted molar refractivity (Wildman–Crippen MR) is 198 cm³/mol. The molecule has 10 heteroatoms. The predicted octanol–water partition coefficient (Wildman–Crippen LogP) is 4.95. The molecule has 2 aliphatic carbocycles. The number of carbonyl (C=O) groups is 6. The van der Waals surface area contributed by atoms with E-state index in [2.05, 4.69) is 10.6 Å². The molecule has 0 bridgehead atoms. The first kappa shape index (κ1) is 37.4. The molecule has 2 N–H and O–H groups in total. The van der Waals surface area contributed by atoms with E-state index in [0.29, 0.717) is 11.1 Å². The van der Waals surface area contributed by atoms with E-state index in [-0.39, 0.29) is 35.2 Å². The van der Waals surface area contributed by atoms with Gasteiger partial charge in [-0.25, -0.2) is 0 Å². The van der Waals surface area contributed by atoms with Crippen molar-refractivity contribution in [2.45, 2.75) is 75.8 Å². The first-order valence-corrected chi connectivity index (χ1v) is 17.1. The van der Waals surface area contributed by atoms with Crippen LogP contribution in [0.4, 0.5) is 0 Å². The summed E-state index contributed by atoms with van der Waals surface area (Å²) in [5, 5.41) is 5.88. The lowest BCUT2D eigenvalue weighted by atomic mass is 9.87. The van der Waals surface area contributed by atoms with Crippen molar-refractivity contribution < 1.29 is 28.8 Å². The third kappa shape index (κ3) is 7.56. The molecular formula is C42H44N4O6. The van der Waals surface area contributed by atoms with Gasteiger partial charge in [0.25, 0.3) is 0 Å². The molecule has 2 spiro atoms. The molecule has 10 nitrogen and oxygen atoms in total. The Morgan fingerprint density at radius 1 is 0.519 bits per heavy atom. The third-order valence-electron chi connectivity index (χ3n) is 8.68. The van der Waals surface area contributed by atoms with Crippen molar-refractivity contribution in [1.29, 1.82) is 0 Å². The summed E-state index contributed by atoms with van der Waals surface area (Å²) in [5.74, 6) is -1.86. The molecule has 2 heterocycles. The molecule has 2 aliphatic heterocycles. The molecule has 6 rings (SSSR count). The lowest BCUT2D eigenvalue weighted by Gasteiger charge is -2.40. The van der Waals surface area contributed by atoms with Crippen LogP contribution in [-0.2, 0) is 28.8 Å². The number of nitrogens with one attached hydrogen (secondary N) is 2. The highest BCUT2D eigenvalue weighted by molar-refractivity contribution is 6.12. The van der Waals surface area contributed by atoms with Crippen LogP contribution >= 0.6 is 0 Å². The second-order valence-corrected chi connectivity index (χ2v) is 15.0. The zero-order chi connectivity index (χ0) is 37.9. The van der Waals surface area contributed by atoms with E-state index in [9.17, 15) is 28.8 Å². The second kappa shape index (κ2) is 14.4. The fourth-order valence-corrected chi connectivity index (χ4v) is 6.54. The Balaban J connectivity index is 0.000000201. The van der Waals surface area contributed by atoms with E-state index in [1.54, 1.807) is 72.9 Å². The summed E-state index contributed by atoms with van der Waals surface area (Å²) >= 11 is 0. The quantitative estimate of drug-likeness (QED) is 0.439. The van der Waals surface area contributed by atoms with Crippen LogP contribution in [0.2, 0.25) is 0 Å². The van der Waals surface area contributed by atoms with Crippen molar-refractivity contribution in [1.82, 2.24) is 20.4 Å². The SMILES string of the molecule is CC(C)(C)NC(=O)[C@H](c1ccccc1)N1C(=O)C=C[C@@]12C=CC=CC2=O.CC(C)(C)NC(=O)[C@H](c1ccccc1)N1C(=O)C=C[C@@]12C=CC=CC2=O. The maximum Gasteiger partial charge on any atom is 0.248 e. The lowest BCUT2D eigenvalue weighted by Crippen LogP contribution is -2.57. The van der Waals surface area contributed by atoms with Gasteiger partial charge in [-0.15, -0.1) is 0 Å². The zero-order valence-corrected chi connectivity index (χ0v) is 30.2. The third-order valence-corrected chi connectivity index (χ3v) is 8.68. The second-order valence-electron chi connectivity index (χ2n) is 15.0. The van der Waals surface area contributed by atoms with Crippen LogP contribution in [0, 0.1) is 0 Å². The number of hydrogen-bond donors (Lipinski definition) is 2. The molecule has 2 aromatic rings. The van der Waals surface area contributed by atoms with Crippen molar-refractivity contribution in [2.75, 3.05) is 0 Å². The largest absolute Gasteiger partial charge is 0.349 e. The van der Waals surface area contributed by atoms with Gasteiger partial charge in [0, 0.05) is 23.2 Å². The number of amides is 4. The maximum atomic E-state index is 13.1. The van der Waals surface area contributed by atoms with E-state index >= 15 is 0 Å². The molecule has 0 saturated carbocycles. The summed E-state index contributed by atoms with van der Waals surface area (Å²) in [7, 11) is 0. The average molecular weight is 701 g/mol. The van der Waals surface area contributed by atoms with Gasteiger partial charge in [-0.1, -0.05) is 85.0 Å². The van der Waals surface area contributed by atoms with Gasteiger partial charge in [-0.3, -0.25) is 28.8 Å². The first-order chi connectivity index (χ1) is 24.5. The Morgan fingerprint density at radius 3 is 1.17 bits per heavy atom. The molecule has 52 heavy (non-hydrogen) atoms. The Morgan fingerprint density at radius 2 is 0.865 bits per heavy atom. The number of carbonyl (C=O) groups excluding carboxylic acids is 6. The standard InChI is InChI=1S/2C21H22N2O3/c2*1-20(2,3)22-19(26)18(15-9-5-4-6-10-15)23-17(25)12-14-21(23)13-8-7-11-16(21)24/h2*4-14,18H,1-3H3,(H,22,26)/t2*18-,21+/m00/s1. The summed E-state index contributed by atoms with van der Waals surface area (Å²) in [6.45, 7) is 11.3. The Hall–Kier alpha value is -5.90. The van der Waals surface area contributed by atoms with Crippen LogP contribution in [0.25, 0.3) is 0 Å². The van der Waals surface area contributed by atoms with Gasteiger partial charge in [0.1, 0.15) is 23.2 Å². The minimum atomic E-state index is -1.26. The molecule has 0 fully saturated rings. The van der Waals surface area contributed by atoms with Crippen LogP contribution in [0.1, 0.15) is 64.8 Å². The molecule has 2 aromatic carbocycles. The molecular weight excluding hydrogens is 656 g/mol. The highest BCUT2D eigenvalue weighted by Gasteiger charge is 2.52. The molecule has 268 valence electrons.